The van der Waals surface area contributed by atoms with Crippen LogP contribution in [0.15, 0.2) is 29.2 Å². The summed E-state index contributed by atoms with van der Waals surface area (Å²) < 4.78 is 27.0. The van der Waals surface area contributed by atoms with E-state index in [1.54, 1.807) is 24.1 Å². The third-order valence-electron chi connectivity index (χ3n) is 4.84. The summed E-state index contributed by atoms with van der Waals surface area (Å²) in [5, 5.41) is 0. The Bertz CT molecular complexity index is 660. The molecule has 0 atom stereocenters. The van der Waals surface area contributed by atoms with Crippen LogP contribution in [0.3, 0.4) is 0 Å². The van der Waals surface area contributed by atoms with E-state index < -0.39 is 10.0 Å². The van der Waals surface area contributed by atoms with Crippen LogP contribution in [-0.2, 0) is 14.8 Å². The highest BCUT2D eigenvalue weighted by atomic mass is 32.2. The maximum Gasteiger partial charge on any atom is 0.243 e. The van der Waals surface area contributed by atoms with E-state index in [0.717, 1.165) is 5.56 Å². The average Bonchev–Trinajstić information content (AvgIpc) is 2.60. The number of nitrogens with zero attached hydrogens (tertiary/aromatic N) is 2. The van der Waals surface area contributed by atoms with Crippen LogP contribution < -0.4 is 0 Å². The standard InChI is InChI=1S/C18H28N2O3S/c1-5-19(4)18(21)16-10-12-20(13-11-16)24(22,23)17-8-6-15(7-9-17)14(2)3/h6-9,14,16H,5,10-13H2,1-4H3. The first-order valence-corrected chi connectivity index (χ1v) is 10.1. The maximum atomic E-state index is 12.8. The van der Waals surface area contributed by atoms with Gasteiger partial charge in [-0.15, -0.1) is 0 Å². The topological polar surface area (TPSA) is 57.7 Å². The number of carbonyl (C=O) groups is 1. The van der Waals surface area contributed by atoms with Crippen LogP contribution in [0.2, 0.25) is 0 Å². The Morgan fingerprint density at radius 3 is 2.21 bits per heavy atom. The second-order valence-corrected chi connectivity index (χ2v) is 8.69. The van der Waals surface area contributed by atoms with Crippen LogP contribution >= 0.6 is 0 Å². The van der Waals surface area contributed by atoms with Crippen molar-refractivity contribution in [3.63, 3.8) is 0 Å². The van der Waals surface area contributed by atoms with E-state index >= 15 is 0 Å². The molecule has 134 valence electrons. The zero-order valence-corrected chi connectivity index (χ0v) is 15.8. The molecule has 5 nitrogen and oxygen atoms in total. The first kappa shape index (κ1) is 18.9. The molecule has 1 aromatic rings. The van der Waals surface area contributed by atoms with E-state index in [0.29, 0.717) is 43.3 Å². The SMILES string of the molecule is CCN(C)C(=O)C1CCN(S(=O)(=O)c2ccc(C(C)C)cc2)CC1. The fraction of sp³-hybridized carbons (Fsp3) is 0.611. The molecule has 24 heavy (non-hydrogen) atoms. The molecule has 1 saturated heterocycles. The van der Waals surface area contributed by atoms with Crippen LogP contribution in [0.25, 0.3) is 0 Å². The number of hydrogen-bond acceptors (Lipinski definition) is 3. The molecule has 0 saturated carbocycles. The molecule has 0 aliphatic carbocycles. The number of piperidine rings is 1. The molecule has 1 aliphatic heterocycles. The van der Waals surface area contributed by atoms with Crippen LogP contribution in [0, 0.1) is 5.92 Å². The molecule has 0 N–H and O–H groups in total. The number of carbonyl (C=O) groups excluding carboxylic acids is 1. The Balaban J connectivity index is 2.06. The van der Waals surface area contributed by atoms with Gasteiger partial charge in [-0.25, -0.2) is 8.42 Å². The predicted molar refractivity (Wildman–Crippen MR) is 95.3 cm³/mol. The Morgan fingerprint density at radius 1 is 1.21 bits per heavy atom. The molecule has 0 spiro atoms. The van der Waals surface area contributed by atoms with E-state index in [1.165, 1.54) is 4.31 Å². The van der Waals surface area contributed by atoms with Crippen LogP contribution in [-0.4, -0.2) is 50.2 Å². The van der Waals surface area contributed by atoms with Gasteiger partial charge in [-0.1, -0.05) is 26.0 Å². The maximum absolute atomic E-state index is 12.8. The minimum atomic E-state index is -3.47. The molecule has 1 aliphatic rings. The van der Waals surface area contributed by atoms with Crippen LogP contribution in [0.5, 0.6) is 0 Å². The predicted octanol–water partition coefficient (Wildman–Crippen LogP) is 2.69. The van der Waals surface area contributed by atoms with Crippen molar-refractivity contribution in [3.8, 4) is 0 Å². The van der Waals surface area contributed by atoms with E-state index in [1.807, 2.05) is 19.1 Å². The lowest BCUT2D eigenvalue weighted by atomic mass is 9.97. The fourth-order valence-corrected chi connectivity index (χ4v) is 4.45. The van der Waals surface area contributed by atoms with Gasteiger partial charge in [0.25, 0.3) is 0 Å². The Hall–Kier alpha value is -1.40. The number of benzene rings is 1. The quantitative estimate of drug-likeness (QED) is 0.819. The van der Waals surface area contributed by atoms with E-state index in [9.17, 15) is 13.2 Å². The van der Waals surface area contributed by atoms with Crippen molar-refractivity contribution in [1.82, 2.24) is 9.21 Å². The van der Waals surface area contributed by atoms with Crippen molar-refractivity contribution in [3.05, 3.63) is 29.8 Å². The zero-order chi connectivity index (χ0) is 17.9. The van der Waals surface area contributed by atoms with Gasteiger partial charge in [0.05, 0.1) is 4.90 Å². The number of amides is 1. The highest BCUT2D eigenvalue weighted by Crippen LogP contribution is 2.26. The summed E-state index contributed by atoms with van der Waals surface area (Å²) >= 11 is 0. The molecule has 0 aromatic heterocycles. The zero-order valence-electron chi connectivity index (χ0n) is 15.0. The summed E-state index contributed by atoms with van der Waals surface area (Å²) in [6.45, 7) is 7.60. The number of hydrogen-bond donors (Lipinski definition) is 0. The summed E-state index contributed by atoms with van der Waals surface area (Å²) in [5.41, 5.74) is 1.13. The lowest BCUT2D eigenvalue weighted by Crippen LogP contribution is -2.43. The molecule has 0 unspecified atom stereocenters. The Kier molecular flexibility index (Phi) is 6.04. The second kappa shape index (κ2) is 7.66. The highest BCUT2D eigenvalue weighted by Gasteiger charge is 2.32. The molecule has 1 heterocycles. The summed E-state index contributed by atoms with van der Waals surface area (Å²) in [5.74, 6) is 0.430. The van der Waals surface area contributed by atoms with Crippen molar-refractivity contribution >= 4 is 15.9 Å². The molecule has 6 heteroatoms. The van der Waals surface area contributed by atoms with Crippen LogP contribution in [0.4, 0.5) is 0 Å². The monoisotopic (exact) mass is 352 g/mol. The largest absolute Gasteiger partial charge is 0.346 e. The van der Waals surface area contributed by atoms with Crippen molar-refractivity contribution in [2.45, 2.75) is 44.4 Å². The van der Waals surface area contributed by atoms with E-state index in [4.69, 9.17) is 0 Å². The minimum absolute atomic E-state index is 0.0651. The summed E-state index contributed by atoms with van der Waals surface area (Å²) in [7, 11) is -1.68. The van der Waals surface area contributed by atoms with Gasteiger partial charge in [-0.3, -0.25) is 4.79 Å². The second-order valence-electron chi connectivity index (χ2n) is 6.75. The Labute approximate surface area is 145 Å². The molecule has 0 bridgehead atoms. The highest BCUT2D eigenvalue weighted by molar-refractivity contribution is 7.89. The van der Waals surface area contributed by atoms with E-state index in [-0.39, 0.29) is 11.8 Å². The molecule has 1 fully saturated rings. The Morgan fingerprint density at radius 2 is 1.75 bits per heavy atom. The molecular weight excluding hydrogens is 324 g/mol. The van der Waals surface area contributed by atoms with Crippen molar-refractivity contribution in [2.24, 2.45) is 5.92 Å². The molecule has 1 aromatic carbocycles. The van der Waals surface area contributed by atoms with Gasteiger partial charge < -0.3 is 4.90 Å². The van der Waals surface area contributed by atoms with Gasteiger partial charge in [0.1, 0.15) is 0 Å². The lowest BCUT2D eigenvalue weighted by Gasteiger charge is -2.32. The van der Waals surface area contributed by atoms with E-state index in [2.05, 4.69) is 13.8 Å². The van der Waals surface area contributed by atoms with Gasteiger partial charge in [-0.2, -0.15) is 4.31 Å². The van der Waals surface area contributed by atoms with Gasteiger partial charge in [0.15, 0.2) is 0 Å². The van der Waals surface area contributed by atoms with Gasteiger partial charge >= 0.3 is 0 Å². The smallest absolute Gasteiger partial charge is 0.243 e. The van der Waals surface area contributed by atoms with Gasteiger partial charge in [0.2, 0.25) is 15.9 Å². The van der Waals surface area contributed by atoms with Crippen molar-refractivity contribution in [1.29, 1.82) is 0 Å². The minimum Gasteiger partial charge on any atom is -0.346 e. The third-order valence-corrected chi connectivity index (χ3v) is 6.75. The molecule has 1 amide bonds. The van der Waals surface area contributed by atoms with Gasteiger partial charge in [-0.05, 0) is 43.4 Å². The van der Waals surface area contributed by atoms with Crippen molar-refractivity contribution in [2.75, 3.05) is 26.7 Å². The fourth-order valence-electron chi connectivity index (χ4n) is 2.98. The lowest BCUT2D eigenvalue weighted by molar-refractivity contribution is -0.135. The van der Waals surface area contributed by atoms with Crippen LogP contribution in [0.1, 0.15) is 45.1 Å². The first-order valence-electron chi connectivity index (χ1n) is 8.62. The number of rotatable bonds is 5. The van der Waals surface area contributed by atoms with Crippen molar-refractivity contribution < 1.29 is 13.2 Å². The molecule has 2 rings (SSSR count). The summed E-state index contributed by atoms with van der Waals surface area (Å²) in [6, 6.07) is 7.13. The molecular formula is C18H28N2O3S. The summed E-state index contributed by atoms with van der Waals surface area (Å²) in [4.78, 5) is 14.3. The average molecular weight is 353 g/mol. The molecule has 0 radical (unpaired) electrons. The van der Waals surface area contributed by atoms with Gasteiger partial charge in [0, 0.05) is 32.6 Å². The third kappa shape index (κ3) is 3.98. The first-order chi connectivity index (χ1) is 11.3. The normalized spacial score (nSPS) is 17.2. The summed E-state index contributed by atoms with van der Waals surface area (Å²) in [6.07, 6.45) is 1.18. The number of sulfonamides is 1.